The normalized spacial score (nSPS) is 10.9. The third-order valence-electron chi connectivity index (χ3n) is 2.01. The number of aromatic nitrogens is 2. The molecule has 0 aliphatic carbocycles. The zero-order valence-corrected chi connectivity index (χ0v) is 9.12. The zero-order valence-electron chi connectivity index (χ0n) is 9.12. The van der Waals surface area contributed by atoms with Gasteiger partial charge in [-0.1, -0.05) is 0 Å². The van der Waals surface area contributed by atoms with E-state index in [9.17, 15) is 0 Å². The maximum absolute atomic E-state index is 4.35. The minimum absolute atomic E-state index is 0.838. The molecule has 1 rings (SSSR count). The minimum Gasteiger partial charge on any atom is -0.318 e. The van der Waals surface area contributed by atoms with E-state index in [0.29, 0.717) is 0 Å². The predicted octanol–water partition coefficient (Wildman–Crippen LogP) is 0.436. The van der Waals surface area contributed by atoms with Gasteiger partial charge in [-0.05, 0) is 27.1 Å². The molecule has 0 unspecified atom stereocenters. The first-order valence-corrected chi connectivity index (χ1v) is 4.84. The average Bonchev–Trinajstić information content (AvgIpc) is 2.15. The minimum atomic E-state index is 0.838. The van der Waals surface area contributed by atoms with Crippen LogP contribution in [0.15, 0.2) is 12.3 Å². The van der Waals surface area contributed by atoms with Gasteiger partial charge in [-0.25, -0.2) is 9.97 Å². The lowest BCUT2D eigenvalue weighted by atomic mass is 10.3. The van der Waals surface area contributed by atoms with Gasteiger partial charge in [0.15, 0.2) is 0 Å². The van der Waals surface area contributed by atoms with Crippen LogP contribution in [0.25, 0.3) is 0 Å². The molecular weight excluding hydrogens is 176 g/mol. The molecule has 0 aliphatic heterocycles. The van der Waals surface area contributed by atoms with Gasteiger partial charge in [-0.2, -0.15) is 0 Å². The van der Waals surface area contributed by atoms with Gasteiger partial charge in [-0.3, -0.25) is 4.90 Å². The van der Waals surface area contributed by atoms with E-state index in [-0.39, 0.29) is 0 Å². The van der Waals surface area contributed by atoms with Crippen LogP contribution in [-0.4, -0.2) is 42.1 Å². The van der Waals surface area contributed by atoms with E-state index in [1.807, 2.05) is 26.2 Å². The molecule has 4 heteroatoms. The van der Waals surface area contributed by atoms with E-state index in [1.54, 1.807) is 0 Å². The monoisotopic (exact) mass is 194 g/mol. The van der Waals surface area contributed by atoms with Crippen LogP contribution in [0.5, 0.6) is 0 Å². The van der Waals surface area contributed by atoms with Gasteiger partial charge in [0.2, 0.25) is 0 Å². The summed E-state index contributed by atoms with van der Waals surface area (Å²) in [5.41, 5.74) is 1.08. The summed E-state index contributed by atoms with van der Waals surface area (Å²) in [6, 6.07) is 1.96. The van der Waals surface area contributed by atoms with E-state index in [2.05, 4.69) is 27.2 Å². The van der Waals surface area contributed by atoms with E-state index in [1.165, 1.54) is 0 Å². The van der Waals surface area contributed by atoms with Crippen molar-refractivity contribution in [2.75, 3.05) is 27.2 Å². The fourth-order valence-corrected chi connectivity index (χ4v) is 1.25. The predicted molar refractivity (Wildman–Crippen MR) is 57.0 cm³/mol. The van der Waals surface area contributed by atoms with Crippen molar-refractivity contribution in [1.29, 1.82) is 0 Å². The number of nitrogens with zero attached hydrogens (tertiary/aromatic N) is 3. The molecule has 1 aromatic rings. The molecule has 1 N–H and O–H groups in total. The smallest absolute Gasteiger partial charge is 0.125 e. The first kappa shape index (κ1) is 11.1. The summed E-state index contributed by atoms with van der Waals surface area (Å²) < 4.78 is 0. The van der Waals surface area contributed by atoms with Crippen LogP contribution >= 0.6 is 0 Å². The van der Waals surface area contributed by atoms with Crippen molar-refractivity contribution in [3.8, 4) is 0 Å². The summed E-state index contributed by atoms with van der Waals surface area (Å²) >= 11 is 0. The highest BCUT2D eigenvalue weighted by Crippen LogP contribution is 1.98. The van der Waals surface area contributed by atoms with Crippen molar-refractivity contribution in [2.24, 2.45) is 0 Å². The highest BCUT2D eigenvalue weighted by Gasteiger charge is 2.00. The third kappa shape index (κ3) is 3.81. The number of hydrogen-bond acceptors (Lipinski definition) is 4. The Balaban J connectivity index is 2.43. The maximum Gasteiger partial charge on any atom is 0.125 e. The van der Waals surface area contributed by atoms with Crippen molar-refractivity contribution >= 4 is 0 Å². The van der Waals surface area contributed by atoms with Gasteiger partial charge in [0.05, 0.1) is 5.69 Å². The SMILES string of the molecule is CNCCN(C)Cc1ccnc(C)n1. The highest BCUT2D eigenvalue weighted by atomic mass is 15.1. The van der Waals surface area contributed by atoms with Gasteiger partial charge in [-0.15, -0.1) is 0 Å². The lowest BCUT2D eigenvalue weighted by molar-refractivity contribution is 0.324. The molecular formula is C10H18N4. The Hall–Kier alpha value is -1.00. The Kier molecular flexibility index (Phi) is 4.49. The van der Waals surface area contributed by atoms with Crippen molar-refractivity contribution in [3.63, 3.8) is 0 Å². The summed E-state index contributed by atoms with van der Waals surface area (Å²) in [4.78, 5) is 10.6. The van der Waals surface area contributed by atoms with E-state index < -0.39 is 0 Å². The standard InChI is InChI=1S/C10H18N4/c1-9-12-5-4-10(13-9)8-14(3)7-6-11-2/h4-5,11H,6-8H2,1-3H3. The van der Waals surface area contributed by atoms with Crippen molar-refractivity contribution in [2.45, 2.75) is 13.5 Å². The van der Waals surface area contributed by atoms with Gasteiger partial charge in [0.25, 0.3) is 0 Å². The van der Waals surface area contributed by atoms with Crippen LogP contribution in [-0.2, 0) is 6.54 Å². The molecule has 0 fully saturated rings. The van der Waals surface area contributed by atoms with Gasteiger partial charge in [0.1, 0.15) is 5.82 Å². The van der Waals surface area contributed by atoms with Crippen molar-refractivity contribution in [1.82, 2.24) is 20.2 Å². The number of likely N-dealkylation sites (N-methyl/N-ethyl adjacent to an activating group) is 2. The second-order valence-electron chi connectivity index (χ2n) is 3.44. The first-order chi connectivity index (χ1) is 6.72. The van der Waals surface area contributed by atoms with Crippen LogP contribution < -0.4 is 5.32 Å². The van der Waals surface area contributed by atoms with E-state index in [4.69, 9.17) is 0 Å². The van der Waals surface area contributed by atoms with Crippen LogP contribution in [0, 0.1) is 6.92 Å². The molecule has 1 aromatic heterocycles. The Labute approximate surface area is 85.4 Å². The van der Waals surface area contributed by atoms with Crippen LogP contribution in [0.2, 0.25) is 0 Å². The fourth-order valence-electron chi connectivity index (χ4n) is 1.25. The molecule has 0 bridgehead atoms. The Morgan fingerprint density at radius 2 is 2.29 bits per heavy atom. The van der Waals surface area contributed by atoms with Crippen molar-refractivity contribution < 1.29 is 0 Å². The second-order valence-corrected chi connectivity index (χ2v) is 3.44. The summed E-state index contributed by atoms with van der Waals surface area (Å²) in [6.07, 6.45) is 1.81. The van der Waals surface area contributed by atoms with Crippen LogP contribution in [0.3, 0.4) is 0 Å². The van der Waals surface area contributed by atoms with E-state index in [0.717, 1.165) is 31.2 Å². The fraction of sp³-hybridized carbons (Fsp3) is 0.600. The molecule has 4 nitrogen and oxygen atoms in total. The summed E-state index contributed by atoms with van der Waals surface area (Å²) in [6.45, 7) is 4.82. The largest absolute Gasteiger partial charge is 0.318 e. The van der Waals surface area contributed by atoms with Gasteiger partial charge >= 0.3 is 0 Å². The summed E-state index contributed by atoms with van der Waals surface area (Å²) in [5, 5.41) is 3.12. The molecule has 0 spiro atoms. The molecule has 14 heavy (non-hydrogen) atoms. The third-order valence-corrected chi connectivity index (χ3v) is 2.01. The second kappa shape index (κ2) is 5.67. The Bertz CT molecular complexity index is 275. The zero-order chi connectivity index (χ0) is 10.4. The summed E-state index contributed by atoms with van der Waals surface area (Å²) in [7, 11) is 4.05. The molecule has 0 aliphatic rings. The molecule has 0 radical (unpaired) electrons. The molecule has 0 atom stereocenters. The van der Waals surface area contributed by atoms with Crippen LogP contribution in [0.1, 0.15) is 11.5 Å². The Morgan fingerprint density at radius 1 is 1.50 bits per heavy atom. The van der Waals surface area contributed by atoms with Gasteiger partial charge < -0.3 is 5.32 Å². The Morgan fingerprint density at radius 3 is 2.93 bits per heavy atom. The number of hydrogen-bond donors (Lipinski definition) is 1. The van der Waals surface area contributed by atoms with Crippen LogP contribution in [0.4, 0.5) is 0 Å². The molecule has 1 heterocycles. The quantitative estimate of drug-likeness (QED) is 0.738. The first-order valence-electron chi connectivity index (χ1n) is 4.84. The van der Waals surface area contributed by atoms with E-state index >= 15 is 0 Å². The van der Waals surface area contributed by atoms with Gasteiger partial charge in [0, 0.05) is 25.8 Å². The number of rotatable bonds is 5. The average molecular weight is 194 g/mol. The molecule has 0 aromatic carbocycles. The highest BCUT2D eigenvalue weighted by molar-refractivity contribution is 5.01. The lowest BCUT2D eigenvalue weighted by Crippen LogP contribution is -2.27. The summed E-state index contributed by atoms with van der Waals surface area (Å²) in [5.74, 6) is 0.838. The lowest BCUT2D eigenvalue weighted by Gasteiger charge is -2.15. The molecule has 0 saturated heterocycles. The maximum atomic E-state index is 4.35. The molecule has 78 valence electrons. The number of nitrogens with one attached hydrogen (secondary N) is 1. The molecule has 0 saturated carbocycles. The number of aryl methyl sites for hydroxylation is 1. The molecule has 0 amide bonds. The topological polar surface area (TPSA) is 41.0 Å². The van der Waals surface area contributed by atoms with Crippen molar-refractivity contribution in [3.05, 3.63) is 23.8 Å².